The van der Waals surface area contributed by atoms with Gasteiger partial charge in [0.25, 0.3) is 5.95 Å². The molecular formula is C18H17Cl2N7O2. The average Bonchev–Trinajstić information content (AvgIpc) is 3.20. The Balaban J connectivity index is 1.72. The Hall–Kier alpha value is -3.17. The maximum Gasteiger partial charge on any atom is 0.319 e. The zero-order valence-electron chi connectivity index (χ0n) is 15.3. The van der Waals surface area contributed by atoms with Gasteiger partial charge in [0.2, 0.25) is 0 Å². The van der Waals surface area contributed by atoms with Crippen LogP contribution in [0.25, 0.3) is 5.95 Å². The molecule has 1 aromatic carbocycles. The van der Waals surface area contributed by atoms with E-state index in [1.165, 1.54) is 17.1 Å². The van der Waals surface area contributed by atoms with E-state index in [1.807, 2.05) is 0 Å². The van der Waals surface area contributed by atoms with Gasteiger partial charge in [0.1, 0.15) is 18.7 Å². The van der Waals surface area contributed by atoms with Crippen LogP contribution in [0.3, 0.4) is 0 Å². The number of urea groups is 1. The number of ether oxygens (including phenoxy) is 1. The molecular weight excluding hydrogens is 417 g/mol. The first kappa shape index (κ1) is 20.6. The zero-order valence-corrected chi connectivity index (χ0v) is 16.9. The van der Waals surface area contributed by atoms with Crippen molar-refractivity contribution in [2.75, 3.05) is 11.9 Å². The van der Waals surface area contributed by atoms with E-state index in [2.05, 4.69) is 37.3 Å². The lowest BCUT2D eigenvalue weighted by molar-refractivity contribution is 0.248. The van der Waals surface area contributed by atoms with Crippen LogP contribution in [0, 0.1) is 0 Å². The van der Waals surface area contributed by atoms with Crippen LogP contribution in [0.4, 0.5) is 10.5 Å². The molecule has 0 spiro atoms. The van der Waals surface area contributed by atoms with Crippen LogP contribution < -0.4 is 15.4 Å². The summed E-state index contributed by atoms with van der Waals surface area (Å²) in [6.07, 6.45) is 6.13. The minimum atomic E-state index is -0.500. The molecule has 1 atom stereocenters. The quantitative estimate of drug-likeness (QED) is 0.548. The van der Waals surface area contributed by atoms with Gasteiger partial charge in [-0.2, -0.15) is 9.78 Å². The Kier molecular flexibility index (Phi) is 6.63. The summed E-state index contributed by atoms with van der Waals surface area (Å²) in [6.45, 7) is 5.60. The molecule has 0 aliphatic carbocycles. The molecule has 3 aromatic rings. The van der Waals surface area contributed by atoms with Gasteiger partial charge in [-0.25, -0.2) is 19.7 Å². The van der Waals surface area contributed by atoms with Crippen LogP contribution in [-0.4, -0.2) is 37.4 Å². The first-order chi connectivity index (χ1) is 14.0. The number of rotatable bonds is 7. The fraction of sp³-hybridized carbons (Fsp3) is 0.167. The highest BCUT2D eigenvalue weighted by molar-refractivity contribution is 6.37. The first-order valence-electron chi connectivity index (χ1n) is 8.47. The molecule has 2 heterocycles. The van der Waals surface area contributed by atoms with Crippen molar-refractivity contribution in [1.82, 2.24) is 30.0 Å². The molecule has 9 nitrogen and oxygen atoms in total. The highest BCUT2D eigenvalue weighted by Gasteiger charge is 2.19. The molecule has 0 aliphatic rings. The van der Waals surface area contributed by atoms with E-state index in [4.69, 9.17) is 27.9 Å². The minimum Gasteiger partial charge on any atom is -0.488 e. The SMILES string of the molecule is C=CCOc1cc(NC(=O)N[C@@H](C)c2ncnn2-c2ncccn2)c(Cl)cc1Cl. The number of hydrogen-bond acceptors (Lipinski definition) is 6. The summed E-state index contributed by atoms with van der Waals surface area (Å²) in [7, 11) is 0. The van der Waals surface area contributed by atoms with Crippen molar-refractivity contribution in [3.63, 3.8) is 0 Å². The van der Waals surface area contributed by atoms with E-state index >= 15 is 0 Å². The first-order valence-corrected chi connectivity index (χ1v) is 9.22. The van der Waals surface area contributed by atoms with Gasteiger partial charge in [-0.1, -0.05) is 35.9 Å². The lowest BCUT2D eigenvalue weighted by Gasteiger charge is -2.16. The summed E-state index contributed by atoms with van der Waals surface area (Å²) in [4.78, 5) is 24.9. The van der Waals surface area contributed by atoms with Crippen LogP contribution in [0.1, 0.15) is 18.8 Å². The maximum atomic E-state index is 12.5. The van der Waals surface area contributed by atoms with Crippen LogP contribution in [0.15, 0.2) is 49.6 Å². The topological polar surface area (TPSA) is 107 Å². The third-order valence-electron chi connectivity index (χ3n) is 3.68. The molecule has 3 rings (SSSR count). The van der Waals surface area contributed by atoms with E-state index in [-0.39, 0.29) is 11.6 Å². The molecule has 0 unspecified atom stereocenters. The van der Waals surface area contributed by atoms with E-state index in [0.29, 0.717) is 28.2 Å². The second kappa shape index (κ2) is 9.35. The number of hydrogen-bond donors (Lipinski definition) is 2. The average molecular weight is 434 g/mol. The van der Waals surface area contributed by atoms with Crippen LogP contribution >= 0.6 is 23.2 Å². The predicted molar refractivity (Wildman–Crippen MR) is 110 cm³/mol. The fourth-order valence-corrected chi connectivity index (χ4v) is 2.89. The van der Waals surface area contributed by atoms with Gasteiger partial charge in [0, 0.05) is 18.5 Å². The smallest absolute Gasteiger partial charge is 0.319 e. The highest BCUT2D eigenvalue weighted by Crippen LogP contribution is 2.34. The number of carbonyl (C=O) groups is 1. The van der Waals surface area contributed by atoms with Crippen molar-refractivity contribution >= 4 is 34.9 Å². The minimum absolute atomic E-state index is 0.265. The van der Waals surface area contributed by atoms with Gasteiger partial charge in [0.05, 0.1) is 21.8 Å². The maximum absolute atomic E-state index is 12.5. The van der Waals surface area contributed by atoms with Crippen molar-refractivity contribution in [1.29, 1.82) is 0 Å². The van der Waals surface area contributed by atoms with Crippen LogP contribution in [-0.2, 0) is 0 Å². The number of benzene rings is 1. The largest absolute Gasteiger partial charge is 0.488 e. The Bertz CT molecular complexity index is 1010. The summed E-state index contributed by atoms with van der Waals surface area (Å²) in [5.41, 5.74) is 0.340. The second-order valence-corrected chi connectivity index (χ2v) is 6.58. The van der Waals surface area contributed by atoms with Gasteiger partial charge in [-0.05, 0) is 19.1 Å². The molecule has 0 radical (unpaired) electrons. The van der Waals surface area contributed by atoms with E-state index in [9.17, 15) is 4.79 Å². The number of nitrogens with zero attached hydrogens (tertiary/aromatic N) is 5. The van der Waals surface area contributed by atoms with Crippen molar-refractivity contribution < 1.29 is 9.53 Å². The summed E-state index contributed by atoms with van der Waals surface area (Å²) in [6, 6.07) is 3.73. The number of aromatic nitrogens is 5. The van der Waals surface area contributed by atoms with Gasteiger partial charge in [-0.15, -0.1) is 0 Å². The lowest BCUT2D eigenvalue weighted by Crippen LogP contribution is -2.32. The van der Waals surface area contributed by atoms with Crippen molar-refractivity contribution in [3.05, 3.63) is 65.4 Å². The van der Waals surface area contributed by atoms with Crippen molar-refractivity contribution in [2.45, 2.75) is 13.0 Å². The number of halogens is 2. The van der Waals surface area contributed by atoms with E-state index < -0.39 is 12.1 Å². The third kappa shape index (κ3) is 5.01. The van der Waals surface area contributed by atoms with Crippen molar-refractivity contribution in [2.24, 2.45) is 0 Å². The molecule has 2 N–H and O–H groups in total. The number of anilines is 1. The van der Waals surface area contributed by atoms with Gasteiger partial charge < -0.3 is 15.4 Å². The summed E-state index contributed by atoms with van der Waals surface area (Å²) < 4.78 is 6.90. The molecule has 29 heavy (non-hydrogen) atoms. The Morgan fingerprint density at radius 1 is 1.28 bits per heavy atom. The predicted octanol–water partition coefficient (Wildman–Crippen LogP) is 3.81. The number of nitrogens with one attached hydrogen (secondary N) is 2. The summed E-state index contributed by atoms with van der Waals surface area (Å²) in [5.74, 6) is 1.18. The molecule has 2 amide bonds. The van der Waals surface area contributed by atoms with Gasteiger partial charge in [0.15, 0.2) is 5.82 Å². The summed E-state index contributed by atoms with van der Waals surface area (Å²) >= 11 is 12.3. The molecule has 0 bridgehead atoms. The van der Waals surface area contributed by atoms with Crippen molar-refractivity contribution in [3.8, 4) is 11.7 Å². The van der Waals surface area contributed by atoms with Gasteiger partial charge >= 0.3 is 6.03 Å². The Labute approximate surface area is 176 Å². The molecule has 0 saturated carbocycles. The number of amides is 2. The second-order valence-electron chi connectivity index (χ2n) is 5.76. The fourth-order valence-electron chi connectivity index (χ4n) is 2.40. The summed E-state index contributed by atoms with van der Waals surface area (Å²) in [5, 5.41) is 10.1. The third-order valence-corrected chi connectivity index (χ3v) is 4.29. The molecule has 0 aliphatic heterocycles. The Morgan fingerprint density at radius 3 is 2.76 bits per heavy atom. The molecule has 2 aromatic heterocycles. The van der Waals surface area contributed by atoms with Crippen LogP contribution in [0.2, 0.25) is 10.0 Å². The molecule has 150 valence electrons. The number of carbonyl (C=O) groups excluding carboxylic acids is 1. The Morgan fingerprint density at radius 2 is 2.03 bits per heavy atom. The zero-order chi connectivity index (χ0) is 20.8. The highest BCUT2D eigenvalue weighted by atomic mass is 35.5. The van der Waals surface area contributed by atoms with Gasteiger partial charge in [-0.3, -0.25) is 0 Å². The normalized spacial score (nSPS) is 11.6. The monoisotopic (exact) mass is 433 g/mol. The van der Waals surface area contributed by atoms with E-state index in [0.717, 1.165) is 0 Å². The molecule has 0 fully saturated rings. The lowest BCUT2D eigenvalue weighted by atomic mass is 10.3. The van der Waals surface area contributed by atoms with E-state index in [1.54, 1.807) is 37.5 Å². The van der Waals surface area contributed by atoms with Crippen LogP contribution in [0.5, 0.6) is 5.75 Å². The molecule has 11 heteroatoms. The molecule has 0 saturated heterocycles. The standard InChI is InChI=1S/C18H17Cl2N7O2/c1-3-7-29-15-9-14(12(19)8-13(15)20)26-18(28)25-11(2)16-23-10-24-27(16)17-21-5-4-6-22-17/h3-6,8-11H,1,7H2,2H3,(H2,25,26,28)/t11-/m0/s1.